The zero-order chi connectivity index (χ0) is 18.8. The third-order valence-electron chi connectivity index (χ3n) is 4.77. The first kappa shape index (κ1) is 17.8. The predicted molar refractivity (Wildman–Crippen MR) is 111 cm³/mol. The van der Waals surface area contributed by atoms with Gasteiger partial charge in [0.1, 0.15) is 12.2 Å². The topological polar surface area (TPSA) is 46.8 Å². The Hall–Kier alpha value is -2.57. The highest BCUT2D eigenvalue weighted by Gasteiger charge is 2.14. The minimum Gasteiger partial charge on any atom is -0.317 e. The summed E-state index contributed by atoms with van der Waals surface area (Å²) in [6.07, 6.45) is 1.79. The highest BCUT2D eigenvalue weighted by Crippen LogP contribution is 2.31. The summed E-state index contributed by atoms with van der Waals surface area (Å²) in [6.45, 7) is 6.67. The van der Waals surface area contributed by atoms with Gasteiger partial charge >= 0.3 is 0 Å². The fourth-order valence-corrected chi connectivity index (χ4v) is 4.14. The van der Waals surface area contributed by atoms with Crippen LogP contribution in [0, 0.1) is 6.92 Å². The molecule has 138 valence electrons. The Labute approximate surface area is 163 Å². The molecule has 3 heterocycles. The first-order valence-electron chi connectivity index (χ1n) is 9.14. The van der Waals surface area contributed by atoms with Crippen LogP contribution in [0.1, 0.15) is 23.9 Å². The molecular formula is C21H23N5S. The Kier molecular flexibility index (Phi) is 5.01. The Balaban J connectivity index is 1.70. The Morgan fingerprint density at radius 2 is 2.04 bits per heavy atom. The van der Waals surface area contributed by atoms with Gasteiger partial charge in [-0.25, -0.2) is 4.98 Å². The van der Waals surface area contributed by atoms with Crippen molar-refractivity contribution >= 4 is 22.2 Å². The second-order valence-corrected chi connectivity index (χ2v) is 7.77. The van der Waals surface area contributed by atoms with Gasteiger partial charge in [0.25, 0.3) is 0 Å². The van der Waals surface area contributed by atoms with E-state index in [1.165, 1.54) is 21.4 Å². The van der Waals surface area contributed by atoms with Crippen molar-refractivity contribution in [2.75, 3.05) is 7.05 Å². The summed E-state index contributed by atoms with van der Waals surface area (Å²) in [4.78, 5) is 8.53. The zero-order valence-electron chi connectivity index (χ0n) is 15.9. The number of benzene rings is 1. The van der Waals surface area contributed by atoms with E-state index in [9.17, 15) is 0 Å². The van der Waals surface area contributed by atoms with Crippen LogP contribution < -0.4 is 0 Å². The van der Waals surface area contributed by atoms with Gasteiger partial charge in [-0.3, -0.25) is 4.90 Å². The molecule has 0 saturated heterocycles. The molecule has 3 aromatic heterocycles. The molecule has 5 nitrogen and oxygen atoms in total. The maximum atomic E-state index is 5.05. The van der Waals surface area contributed by atoms with Crippen LogP contribution in [0.2, 0.25) is 0 Å². The van der Waals surface area contributed by atoms with E-state index in [-0.39, 0.29) is 0 Å². The summed E-state index contributed by atoms with van der Waals surface area (Å²) in [5.74, 6) is 0.988. The molecule has 0 saturated carbocycles. The largest absolute Gasteiger partial charge is 0.317 e. The maximum Gasteiger partial charge on any atom is 0.146 e. The highest BCUT2D eigenvalue weighted by atomic mass is 32.1. The predicted octanol–water partition coefficient (Wildman–Crippen LogP) is 4.52. The number of fused-ring (bicyclic) bond motifs is 1. The summed E-state index contributed by atoms with van der Waals surface area (Å²) >= 11 is 1.74. The molecule has 0 fully saturated rings. The van der Waals surface area contributed by atoms with E-state index >= 15 is 0 Å². The lowest BCUT2D eigenvalue weighted by atomic mass is 10.0. The molecule has 0 aliphatic rings. The molecule has 1 aromatic carbocycles. The molecule has 27 heavy (non-hydrogen) atoms. The van der Waals surface area contributed by atoms with Crippen molar-refractivity contribution < 1.29 is 0 Å². The van der Waals surface area contributed by atoms with Crippen LogP contribution in [0.5, 0.6) is 0 Å². The van der Waals surface area contributed by atoms with E-state index in [0.717, 1.165) is 36.7 Å². The number of aryl methyl sites for hydroxylation is 2. The van der Waals surface area contributed by atoms with E-state index in [0.29, 0.717) is 0 Å². The molecule has 0 amide bonds. The van der Waals surface area contributed by atoms with Crippen molar-refractivity contribution in [3.63, 3.8) is 0 Å². The van der Waals surface area contributed by atoms with Crippen LogP contribution in [0.4, 0.5) is 0 Å². The van der Waals surface area contributed by atoms with Crippen molar-refractivity contribution in [3.05, 3.63) is 65.1 Å². The lowest BCUT2D eigenvalue weighted by Gasteiger charge is -2.19. The van der Waals surface area contributed by atoms with Gasteiger partial charge in [-0.2, -0.15) is 0 Å². The van der Waals surface area contributed by atoms with E-state index in [1.54, 1.807) is 17.7 Å². The summed E-state index contributed by atoms with van der Waals surface area (Å²) < 4.78 is 2.08. The minimum absolute atomic E-state index is 0.754. The van der Waals surface area contributed by atoms with Gasteiger partial charge in [0.15, 0.2) is 0 Å². The van der Waals surface area contributed by atoms with Crippen molar-refractivity contribution in [2.24, 2.45) is 0 Å². The maximum absolute atomic E-state index is 5.05. The van der Waals surface area contributed by atoms with Crippen LogP contribution in [-0.4, -0.2) is 31.7 Å². The highest BCUT2D eigenvalue weighted by molar-refractivity contribution is 7.13. The summed E-state index contributed by atoms with van der Waals surface area (Å²) in [5, 5.41) is 11.6. The molecule has 0 aliphatic carbocycles. The number of hydrogen-bond acceptors (Lipinski definition) is 5. The third kappa shape index (κ3) is 3.63. The minimum atomic E-state index is 0.754. The summed E-state index contributed by atoms with van der Waals surface area (Å²) in [5.41, 5.74) is 4.61. The van der Waals surface area contributed by atoms with E-state index in [1.807, 2.05) is 0 Å². The number of pyridine rings is 1. The van der Waals surface area contributed by atoms with Crippen LogP contribution in [0.3, 0.4) is 0 Å². The average Bonchev–Trinajstić information content (AvgIpc) is 3.33. The first-order valence-corrected chi connectivity index (χ1v) is 10.0. The lowest BCUT2D eigenvalue weighted by Crippen LogP contribution is -2.20. The molecule has 0 radical (unpaired) electrons. The summed E-state index contributed by atoms with van der Waals surface area (Å²) in [7, 11) is 2.12. The van der Waals surface area contributed by atoms with Crippen LogP contribution in [-0.2, 0) is 19.6 Å². The quantitative estimate of drug-likeness (QED) is 0.496. The Bertz CT molecular complexity index is 1050. The van der Waals surface area contributed by atoms with Gasteiger partial charge in [-0.15, -0.1) is 21.5 Å². The fraction of sp³-hybridized carbons (Fsp3) is 0.286. The molecule has 0 spiro atoms. The SMILES string of the molecule is CCn1cnnc1CN(C)Cc1cc2cccc(C)c2nc1-c1cccs1. The Morgan fingerprint density at radius 3 is 2.81 bits per heavy atom. The van der Waals surface area contributed by atoms with Crippen LogP contribution in [0.25, 0.3) is 21.5 Å². The number of thiophene rings is 1. The molecular weight excluding hydrogens is 354 g/mol. The molecule has 4 aromatic rings. The van der Waals surface area contributed by atoms with Gasteiger partial charge in [-0.05, 0) is 49.5 Å². The number of nitrogens with zero attached hydrogens (tertiary/aromatic N) is 5. The van der Waals surface area contributed by atoms with Crippen molar-refractivity contribution in [2.45, 2.75) is 33.5 Å². The van der Waals surface area contributed by atoms with Crippen molar-refractivity contribution in [1.82, 2.24) is 24.6 Å². The van der Waals surface area contributed by atoms with Crippen LogP contribution >= 0.6 is 11.3 Å². The normalized spacial score (nSPS) is 11.6. The molecule has 6 heteroatoms. The Morgan fingerprint density at radius 1 is 1.15 bits per heavy atom. The summed E-state index contributed by atoms with van der Waals surface area (Å²) in [6, 6.07) is 12.9. The standard InChI is InChI=1S/C21H23N5S/c1-4-26-14-22-24-19(26)13-25(3)12-17-11-16-8-5-7-15(2)20(16)23-21(17)18-9-6-10-27-18/h5-11,14H,4,12-13H2,1-3H3. The molecule has 4 rings (SSSR count). The lowest BCUT2D eigenvalue weighted by molar-refractivity contribution is 0.305. The van der Waals surface area contributed by atoms with Gasteiger partial charge in [0.05, 0.1) is 22.6 Å². The van der Waals surface area contributed by atoms with E-state index < -0.39 is 0 Å². The number of aromatic nitrogens is 4. The second-order valence-electron chi connectivity index (χ2n) is 6.83. The van der Waals surface area contributed by atoms with Gasteiger partial charge in [-0.1, -0.05) is 24.3 Å². The fourth-order valence-electron chi connectivity index (χ4n) is 3.39. The number of para-hydroxylation sites is 1. The van der Waals surface area contributed by atoms with Gasteiger partial charge in [0, 0.05) is 18.5 Å². The molecule has 0 unspecified atom stereocenters. The van der Waals surface area contributed by atoms with E-state index in [4.69, 9.17) is 4.98 Å². The number of hydrogen-bond donors (Lipinski definition) is 0. The van der Waals surface area contributed by atoms with E-state index in [2.05, 4.69) is 82.3 Å². The zero-order valence-corrected chi connectivity index (χ0v) is 16.7. The molecule has 0 aliphatic heterocycles. The van der Waals surface area contributed by atoms with Crippen molar-refractivity contribution in [3.8, 4) is 10.6 Å². The average molecular weight is 378 g/mol. The number of rotatable bonds is 6. The van der Waals surface area contributed by atoms with Gasteiger partial charge < -0.3 is 4.57 Å². The molecule has 0 atom stereocenters. The monoisotopic (exact) mass is 377 g/mol. The van der Waals surface area contributed by atoms with Gasteiger partial charge in [0.2, 0.25) is 0 Å². The van der Waals surface area contributed by atoms with Crippen molar-refractivity contribution in [1.29, 1.82) is 0 Å². The third-order valence-corrected chi connectivity index (χ3v) is 5.65. The molecule has 0 bridgehead atoms. The smallest absolute Gasteiger partial charge is 0.146 e. The first-order chi connectivity index (χ1) is 13.2. The van der Waals surface area contributed by atoms with Crippen LogP contribution in [0.15, 0.2) is 48.1 Å². The molecule has 0 N–H and O–H groups in total. The second kappa shape index (κ2) is 7.58.